The van der Waals surface area contributed by atoms with E-state index in [2.05, 4.69) is 25.9 Å². The molecule has 1 rings (SSSR count). The molecule has 1 aromatic heterocycles. The Morgan fingerprint density at radius 2 is 2.18 bits per heavy atom. The highest BCUT2D eigenvalue weighted by atomic mass is 79.9. The van der Waals surface area contributed by atoms with E-state index in [4.69, 9.17) is 5.11 Å². The van der Waals surface area contributed by atoms with E-state index in [0.29, 0.717) is 11.0 Å². The molecular formula is C5H5BrN2O3. The van der Waals surface area contributed by atoms with Crippen molar-refractivity contribution in [1.29, 1.82) is 0 Å². The van der Waals surface area contributed by atoms with Gasteiger partial charge in [0, 0.05) is 5.33 Å². The quantitative estimate of drug-likeness (QED) is 0.627. The van der Waals surface area contributed by atoms with Crippen LogP contribution in [0.1, 0.15) is 16.2 Å². The summed E-state index contributed by atoms with van der Waals surface area (Å²) in [4.78, 5) is 25.5. The van der Waals surface area contributed by atoms with Crippen molar-refractivity contribution in [2.24, 2.45) is 0 Å². The minimum absolute atomic E-state index is 0.0909. The molecule has 0 atom stereocenters. The molecule has 0 aliphatic rings. The lowest BCUT2D eigenvalue weighted by Crippen LogP contribution is -2.04. The molecule has 1 aromatic rings. The van der Waals surface area contributed by atoms with Gasteiger partial charge in [0.25, 0.3) is 0 Å². The molecular weight excluding hydrogens is 216 g/mol. The van der Waals surface area contributed by atoms with Crippen LogP contribution in [0.2, 0.25) is 0 Å². The number of nitrogens with one attached hydrogen (secondary N) is 2. The molecule has 0 unspecified atom stereocenters. The summed E-state index contributed by atoms with van der Waals surface area (Å²) in [5.74, 6) is -1.14. The summed E-state index contributed by atoms with van der Waals surface area (Å²) in [6.07, 6.45) is 0. The number of imidazole rings is 1. The Morgan fingerprint density at radius 1 is 1.55 bits per heavy atom. The molecule has 0 saturated carbocycles. The van der Waals surface area contributed by atoms with Crippen LogP contribution < -0.4 is 5.69 Å². The first kappa shape index (κ1) is 8.06. The molecule has 0 spiro atoms. The van der Waals surface area contributed by atoms with Crippen molar-refractivity contribution in [2.45, 2.75) is 5.33 Å². The van der Waals surface area contributed by atoms with Crippen LogP contribution >= 0.6 is 15.9 Å². The van der Waals surface area contributed by atoms with Crippen molar-refractivity contribution in [1.82, 2.24) is 9.97 Å². The van der Waals surface area contributed by atoms with Crippen molar-refractivity contribution in [2.75, 3.05) is 0 Å². The molecule has 3 N–H and O–H groups in total. The predicted octanol–water partition coefficient (Wildman–Crippen LogP) is 0.296. The number of alkyl halides is 1. The SMILES string of the molecule is O=C(O)c1[nH]c(=O)[nH]c1CBr. The van der Waals surface area contributed by atoms with Crippen LogP contribution in [0.5, 0.6) is 0 Å². The number of carboxylic acids is 1. The van der Waals surface area contributed by atoms with Gasteiger partial charge in [-0.25, -0.2) is 9.59 Å². The molecule has 0 bridgehead atoms. The van der Waals surface area contributed by atoms with Crippen LogP contribution in [0.15, 0.2) is 4.79 Å². The van der Waals surface area contributed by atoms with Gasteiger partial charge in [0.05, 0.1) is 5.69 Å². The lowest BCUT2D eigenvalue weighted by molar-refractivity contribution is 0.0690. The average Bonchev–Trinajstić information content (AvgIpc) is 2.30. The number of aromatic nitrogens is 2. The molecule has 5 nitrogen and oxygen atoms in total. The molecule has 0 saturated heterocycles. The summed E-state index contributed by atoms with van der Waals surface area (Å²) >= 11 is 3.04. The maximum absolute atomic E-state index is 10.6. The molecule has 60 valence electrons. The van der Waals surface area contributed by atoms with Gasteiger partial charge in [-0.3, -0.25) is 4.98 Å². The van der Waals surface area contributed by atoms with Crippen molar-refractivity contribution >= 4 is 21.9 Å². The molecule has 1 heterocycles. The first-order chi connectivity index (χ1) is 5.15. The Hall–Kier alpha value is -1.04. The van der Waals surface area contributed by atoms with E-state index in [1.165, 1.54) is 0 Å². The molecule has 0 aromatic carbocycles. The smallest absolute Gasteiger partial charge is 0.354 e. The minimum atomic E-state index is -1.14. The first-order valence-corrected chi connectivity index (χ1v) is 3.87. The van der Waals surface area contributed by atoms with Gasteiger partial charge in [-0.15, -0.1) is 0 Å². The highest BCUT2D eigenvalue weighted by Crippen LogP contribution is 2.04. The maximum Gasteiger partial charge on any atom is 0.354 e. The fourth-order valence-electron chi connectivity index (χ4n) is 0.703. The number of rotatable bonds is 2. The van der Waals surface area contributed by atoms with E-state index < -0.39 is 11.7 Å². The predicted molar refractivity (Wildman–Crippen MR) is 41.0 cm³/mol. The normalized spacial score (nSPS) is 9.91. The monoisotopic (exact) mass is 220 g/mol. The first-order valence-electron chi connectivity index (χ1n) is 2.75. The van der Waals surface area contributed by atoms with Gasteiger partial charge in [-0.1, -0.05) is 15.9 Å². The van der Waals surface area contributed by atoms with Crippen LogP contribution in [0, 0.1) is 0 Å². The zero-order chi connectivity index (χ0) is 8.43. The van der Waals surface area contributed by atoms with Crippen LogP contribution in [0.4, 0.5) is 0 Å². The number of halogens is 1. The summed E-state index contributed by atoms with van der Waals surface area (Å²) in [7, 11) is 0. The molecule has 0 aliphatic heterocycles. The number of aromatic carboxylic acids is 1. The summed E-state index contributed by atoms with van der Waals surface area (Å²) in [6, 6.07) is 0. The summed E-state index contributed by atoms with van der Waals surface area (Å²) in [5, 5.41) is 8.81. The number of carbonyl (C=O) groups is 1. The highest BCUT2D eigenvalue weighted by Gasteiger charge is 2.11. The van der Waals surface area contributed by atoms with Crippen LogP contribution in [-0.4, -0.2) is 21.0 Å². The lowest BCUT2D eigenvalue weighted by Gasteiger charge is -1.89. The maximum atomic E-state index is 10.6. The number of H-pyrrole nitrogens is 2. The Balaban J connectivity index is 3.23. The van der Waals surface area contributed by atoms with Gasteiger partial charge in [-0.05, 0) is 0 Å². The van der Waals surface area contributed by atoms with Crippen molar-refractivity contribution in [3.05, 3.63) is 21.9 Å². The zero-order valence-electron chi connectivity index (χ0n) is 5.35. The Morgan fingerprint density at radius 3 is 2.55 bits per heavy atom. The average molecular weight is 221 g/mol. The second kappa shape index (κ2) is 2.91. The zero-order valence-corrected chi connectivity index (χ0v) is 6.93. The molecule has 6 heteroatoms. The molecule has 0 radical (unpaired) electrons. The minimum Gasteiger partial charge on any atom is -0.477 e. The van der Waals surface area contributed by atoms with E-state index in [-0.39, 0.29) is 5.69 Å². The van der Waals surface area contributed by atoms with Gasteiger partial charge in [-0.2, -0.15) is 0 Å². The molecule has 0 fully saturated rings. The van der Waals surface area contributed by atoms with Crippen molar-refractivity contribution < 1.29 is 9.90 Å². The standard InChI is InChI=1S/C5H5BrN2O3/c6-1-2-3(4(9)10)8-5(11)7-2/h1H2,(H,9,10)(H2,7,8,11). The van der Waals surface area contributed by atoms with Crippen LogP contribution in [0.3, 0.4) is 0 Å². The van der Waals surface area contributed by atoms with E-state index in [1.54, 1.807) is 0 Å². The summed E-state index contributed by atoms with van der Waals surface area (Å²) in [5.41, 5.74) is -0.244. The second-order valence-corrected chi connectivity index (χ2v) is 2.43. The number of hydrogen-bond acceptors (Lipinski definition) is 2. The highest BCUT2D eigenvalue weighted by molar-refractivity contribution is 9.08. The third-order valence-corrected chi connectivity index (χ3v) is 1.71. The van der Waals surface area contributed by atoms with E-state index in [1.807, 2.05) is 0 Å². The van der Waals surface area contributed by atoms with Crippen molar-refractivity contribution in [3.63, 3.8) is 0 Å². The van der Waals surface area contributed by atoms with Gasteiger partial charge in [0.2, 0.25) is 0 Å². The second-order valence-electron chi connectivity index (χ2n) is 1.87. The van der Waals surface area contributed by atoms with Crippen LogP contribution in [0.25, 0.3) is 0 Å². The van der Waals surface area contributed by atoms with Gasteiger partial charge >= 0.3 is 11.7 Å². The summed E-state index contributed by atoms with van der Waals surface area (Å²) in [6.45, 7) is 0. The van der Waals surface area contributed by atoms with E-state index in [9.17, 15) is 9.59 Å². The van der Waals surface area contributed by atoms with Gasteiger partial charge in [0.1, 0.15) is 5.69 Å². The third kappa shape index (κ3) is 1.51. The van der Waals surface area contributed by atoms with Gasteiger partial charge in [0.15, 0.2) is 0 Å². The fraction of sp³-hybridized carbons (Fsp3) is 0.200. The lowest BCUT2D eigenvalue weighted by atomic mass is 10.3. The van der Waals surface area contributed by atoms with Crippen LogP contribution in [-0.2, 0) is 5.33 Å². The number of aromatic amines is 2. The van der Waals surface area contributed by atoms with Crippen molar-refractivity contribution in [3.8, 4) is 0 Å². The molecule has 0 amide bonds. The number of carboxylic acid groups (broad SMARTS) is 1. The largest absolute Gasteiger partial charge is 0.477 e. The molecule has 0 aliphatic carbocycles. The van der Waals surface area contributed by atoms with E-state index in [0.717, 1.165) is 0 Å². The molecule has 11 heavy (non-hydrogen) atoms. The topological polar surface area (TPSA) is 85.9 Å². The fourth-order valence-corrected chi connectivity index (χ4v) is 1.12. The Kier molecular flexibility index (Phi) is 2.13. The van der Waals surface area contributed by atoms with E-state index >= 15 is 0 Å². The van der Waals surface area contributed by atoms with Gasteiger partial charge < -0.3 is 10.1 Å². The third-order valence-electron chi connectivity index (χ3n) is 1.15. The summed E-state index contributed by atoms with van der Waals surface area (Å²) < 4.78 is 0. The Labute approximate surface area is 69.6 Å². The number of hydrogen-bond donors (Lipinski definition) is 3. The Bertz CT molecular complexity index is 327.